The molecule has 0 bridgehead atoms. The van der Waals surface area contributed by atoms with Crippen LogP contribution in [0.3, 0.4) is 0 Å². The highest BCUT2D eigenvalue weighted by Gasteiger charge is 2.13. The Morgan fingerprint density at radius 3 is 2.41 bits per heavy atom. The van der Waals surface area contributed by atoms with Crippen LogP contribution in [-0.4, -0.2) is 0 Å². The zero-order chi connectivity index (χ0) is 19.1. The molecule has 4 rings (SSSR count). The van der Waals surface area contributed by atoms with Crippen LogP contribution in [0.25, 0.3) is 21.7 Å². The number of hydrogen-bond donors (Lipinski definition) is 0. The zero-order valence-electron chi connectivity index (χ0n) is 16.1. The van der Waals surface area contributed by atoms with Crippen LogP contribution in [0.15, 0.2) is 57.7 Å². The van der Waals surface area contributed by atoms with E-state index in [0.29, 0.717) is 17.8 Å². The average molecular weight is 358 g/mol. The molecule has 0 radical (unpaired) electrons. The summed E-state index contributed by atoms with van der Waals surface area (Å²) in [6.45, 7) is 8.25. The van der Waals surface area contributed by atoms with E-state index in [4.69, 9.17) is 9.15 Å². The third kappa shape index (κ3) is 2.89. The van der Waals surface area contributed by atoms with Crippen LogP contribution in [0.2, 0.25) is 0 Å². The van der Waals surface area contributed by atoms with Gasteiger partial charge in [-0.3, -0.25) is 0 Å². The Hall–Kier alpha value is -3.07. The van der Waals surface area contributed by atoms with E-state index in [0.717, 1.165) is 22.3 Å². The highest BCUT2D eigenvalue weighted by molar-refractivity contribution is 5.87. The van der Waals surface area contributed by atoms with Gasteiger partial charge in [0, 0.05) is 22.1 Å². The molecule has 0 aliphatic heterocycles. The summed E-state index contributed by atoms with van der Waals surface area (Å²) in [6, 6.07) is 16.5. The molecule has 0 unspecified atom stereocenters. The second-order valence-electron chi connectivity index (χ2n) is 7.08. The van der Waals surface area contributed by atoms with Gasteiger partial charge in [-0.15, -0.1) is 0 Å². The number of aryl methyl sites for hydroxylation is 3. The van der Waals surface area contributed by atoms with Gasteiger partial charge in [-0.2, -0.15) is 0 Å². The number of ether oxygens (including phenoxy) is 1. The minimum absolute atomic E-state index is 0.287. The van der Waals surface area contributed by atoms with E-state index in [9.17, 15) is 4.79 Å². The molecule has 0 aliphatic carbocycles. The van der Waals surface area contributed by atoms with E-state index in [1.807, 2.05) is 38.1 Å². The molecule has 27 heavy (non-hydrogen) atoms. The number of fused-ring (bicyclic) bond motifs is 2. The van der Waals surface area contributed by atoms with Gasteiger partial charge in [0.25, 0.3) is 0 Å². The van der Waals surface area contributed by atoms with Crippen molar-refractivity contribution in [1.82, 2.24) is 0 Å². The minimum atomic E-state index is -0.287. The summed E-state index contributed by atoms with van der Waals surface area (Å²) in [5, 5.41) is 3.36. The Bertz CT molecular complexity index is 1230. The summed E-state index contributed by atoms with van der Waals surface area (Å²) in [7, 11) is 0. The fraction of sp³-hybridized carbons (Fsp3) is 0.208. The number of hydrogen-bond acceptors (Lipinski definition) is 3. The standard InChI is InChI=1S/C24H22O3/c1-14-9-10-18-7-5-6-8-20(18)21(14)13-26-22-12-11-19-15(2)16(3)24(25)27-23(19)17(22)4/h5-12H,13H2,1-4H3. The maximum atomic E-state index is 12.1. The first-order valence-corrected chi connectivity index (χ1v) is 9.11. The van der Waals surface area contributed by atoms with Gasteiger partial charge in [0.2, 0.25) is 0 Å². The van der Waals surface area contributed by atoms with E-state index in [1.165, 1.54) is 21.9 Å². The summed E-state index contributed by atoms with van der Waals surface area (Å²) >= 11 is 0. The van der Waals surface area contributed by atoms with Crippen molar-refractivity contribution in [2.45, 2.75) is 34.3 Å². The Morgan fingerprint density at radius 1 is 0.815 bits per heavy atom. The first-order chi connectivity index (χ1) is 13.0. The fourth-order valence-electron chi connectivity index (χ4n) is 3.57. The van der Waals surface area contributed by atoms with Crippen molar-refractivity contribution < 1.29 is 9.15 Å². The van der Waals surface area contributed by atoms with E-state index >= 15 is 0 Å². The lowest BCUT2D eigenvalue weighted by atomic mass is 10.0. The highest BCUT2D eigenvalue weighted by atomic mass is 16.5. The van der Waals surface area contributed by atoms with Gasteiger partial charge in [0.15, 0.2) is 0 Å². The summed E-state index contributed by atoms with van der Waals surface area (Å²) in [6.07, 6.45) is 0. The van der Waals surface area contributed by atoms with Gasteiger partial charge in [-0.25, -0.2) is 4.79 Å². The maximum Gasteiger partial charge on any atom is 0.339 e. The van der Waals surface area contributed by atoms with Crippen molar-refractivity contribution in [3.8, 4) is 5.75 Å². The Kier molecular flexibility index (Phi) is 4.23. The predicted molar refractivity (Wildman–Crippen MR) is 110 cm³/mol. The zero-order valence-corrected chi connectivity index (χ0v) is 16.1. The van der Waals surface area contributed by atoms with Crippen molar-refractivity contribution in [3.05, 3.63) is 86.8 Å². The van der Waals surface area contributed by atoms with E-state index in [1.54, 1.807) is 6.92 Å². The molecule has 0 N–H and O–H groups in total. The molecule has 0 aliphatic rings. The molecule has 1 heterocycles. The number of rotatable bonds is 3. The minimum Gasteiger partial charge on any atom is -0.488 e. The Morgan fingerprint density at radius 2 is 1.59 bits per heavy atom. The van der Waals surface area contributed by atoms with Crippen LogP contribution >= 0.6 is 0 Å². The fourth-order valence-corrected chi connectivity index (χ4v) is 3.57. The van der Waals surface area contributed by atoms with Crippen LogP contribution < -0.4 is 10.4 Å². The molecule has 0 saturated heterocycles. The van der Waals surface area contributed by atoms with Gasteiger partial charge >= 0.3 is 5.63 Å². The molecule has 136 valence electrons. The normalized spacial score (nSPS) is 11.3. The highest BCUT2D eigenvalue weighted by Crippen LogP contribution is 2.31. The number of benzene rings is 3. The summed E-state index contributed by atoms with van der Waals surface area (Å²) in [4.78, 5) is 12.1. The molecule has 3 nitrogen and oxygen atoms in total. The summed E-state index contributed by atoms with van der Waals surface area (Å²) in [5.74, 6) is 0.737. The van der Waals surface area contributed by atoms with Crippen LogP contribution in [0.1, 0.15) is 27.8 Å². The van der Waals surface area contributed by atoms with E-state index in [2.05, 4.69) is 31.2 Å². The molecule has 0 atom stereocenters. The smallest absolute Gasteiger partial charge is 0.339 e. The average Bonchev–Trinajstić information content (AvgIpc) is 2.67. The summed E-state index contributed by atoms with van der Waals surface area (Å²) < 4.78 is 11.7. The lowest BCUT2D eigenvalue weighted by Crippen LogP contribution is -2.07. The molecule has 3 heteroatoms. The molecule has 0 spiro atoms. The van der Waals surface area contributed by atoms with E-state index in [-0.39, 0.29) is 5.63 Å². The van der Waals surface area contributed by atoms with Gasteiger partial charge < -0.3 is 9.15 Å². The SMILES string of the molecule is Cc1ccc2ccccc2c1COc1ccc2c(C)c(C)c(=O)oc2c1C. The van der Waals surface area contributed by atoms with Gasteiger partial charge in [0.05, 0.1) is 0 Å². The predicted octanol–water partition coefficient (Wildman–Crippen LogP) is 5.76. The van der Waals surface area contributed by atoms with Crippen molar-refractivity contribution in [2.24, 2.45) is 0 Å². The first kappa shape index (κ1) is 17.3. The molecule has 3 aromatic carbocycles. The van der Waals surface area contributed by atoms with Gasteiger partial charge in [-0.1, -0.05) is 36.4 Å². The molecule has 0 fully saturated rings. The summed E-state index contributed by atoms with van der Waals surface area (Å²) in [5.41, 5.74) is 5.16. The Labute approximate surface area is 158 Å². The van der Waals surface area contributed by atoms with Crippen LogP contribution in [0.5, 0.6) is 5.75 Å². The second kappa shape index (κ2) is 6.58. The largest absolute Gasteiger partial charge is 0.488 e. The van der Waals surface area contributed by atoms with Gasteiger partial charge in [0.1, 0.15) is 17.9 Å². The molecular weight excluding hydrogens is 336 g/mol. The molecule has 1 aromatic heterocycles. The quantitative estimate of drug-likeness (QED) is 0.437. The molecule has 0 saturated carbocycles. The first-order valence-electron chi connectivity index (χ1n) is 9.11. The van der Waals surface area contributed by atoms with Crippen LogP contribution in [0, 0.1) is 27.7 Å². The second-order valence-corrected chi connectivity index (χ2v) is 7.08. The lowest BCUT2D eigenvalue weighted by molar-refractivity contribution is 0.304. The lowest BCUT2D eigenvalue weighted by Gasteiger charge is -2.15. The van der Waals surface area contributed by atoms with Crippen molar-refractivity contribution in [1.29, 1.82) is 0 Å². The Balaban J connectivity index is 1.75. The third-order valence-electron chi connectivity index (χ3n) is 5.47. The van der Waals surface area contributed by atoms with Gasteiger partial charge in [-0.05, 0) is 61.7 Å². The van der Waals surface area contributed by atoms with Crippen molar-refractivity contribution in [2.75, 3.05) is 0 Å². The van der Waals surface area contributed by atoms with Crippen LogP contribution in [0.4, 0.5) is 0 Å². The molecule has 0 amide bonds. The monoisotopic (exact) mass is 358 g/mol. The van der Waals surface area contributed by atoms with E-state index < -0.39 is 0 Å². The maximum absolute atomic E-state index is 12.1. The van der Waals surface area contributed by atoms with Crippen molar-refractivity contribution in [3.63, 3.8) is 0 Å². The molecular formula is C24H22O3. The molecule has 4 aromatic rings. The van der Waals surface area contributed by atoms with Crippen molar-refractivity contribution >= 4 is 21.7 Å². The third-order valence-corrected chi connectivity index (χ3v) is 5.47. The topological polar surface area (TPSA) is 39.4 Å². The van der Waals surface area contributed by atoms with Crippen LogP contribution in [-0.2, 0) is 6.61 Å².